The van der Waals surface area contributed by atoms with E-state index in [0.29, 0.717) is 6.04 Å². The molecule has 1 N–H and O–H groups in total. The molecule has 0 bridgehead atoms. The Kier molecular flexibility index (Phi) is 3.09. The number of likely N-dealkylation sites (N-methyl/N-ethyl adjacent to an activating group) is 1. The number of nitrogens with zero attached hydrogens (tertiary/aromatic N) is 1. The van der Waals surface area contributed by atoms with Crippen LogP contribution in [0.5, 0.6) is 0 Å². The van der Waals surface area contributed by atoms with Crippen LogP contribution in [-0.4, -0.2) is 35.7 Å². The second-order valence-electron chi connectivity index (χ2n) is 3.28. The van der Waals surface area contributed by atoms with E-state index in [0.717, 1.165) is 19.4 Å². The highest BCUT2D eigenvalue weighted by molar-refractivity contribution is 4.86. The highest BCUT2D eigenvalue weighted by Gasteiger charge is 2.26. The van der Waals surface area contributed by atoms with Gasteiger partial charge in [-0.15, -0.1) is 6.58 Å². The molecule has 1 saturated heterocycles. The van der Waals surface area contributed by atoms with Gasteiger partial charge in [-0.25, -0.2) is 0 Å². The van der Waals surface area contributed by atoms with Crippen LogP contribution >= 0.6 is 0 Å². The summed E-state index contributed by atoms with van der Waals surface area (Å²) >= 11 is 0. The SMILES string of the molecule is C=CCC(O)[C@@H]1CCCN1C. The maximum atomic E-state index is 9.61. The number of rotatable bonds is 3. The van der Waals surface area contributed by atoms with E-state index in [4.69, 9.17) is 0 Å². The van der Waals surface area contributed by atoms with Crippen molar-refractivity contribution in [2.45, 2.75) is 31.4 Å². The first-order valence-electron chi connectivity index (χ1n) is 4.25. The first-order chi connectivity index (χ1) is 5.25. The average Bonchev–Trinajstić information content (AvgIpc) is 2.36. The van der Waals surface area contributed by atoms with Gasteiger partial charge >= 0.3 is 0 Å². The minimum atomic E-state index is -0.208. The highest BCUT2D eigenvalue weighted by Crippen LogP contribution is 2.19. The molecular formula is C9H17NO. The number of hydrogen-bond acceptors (Lipinski definition) is 2. The second kappa shape index (κ2) is 3.88. The minimum Gasteiger partial charge on any atom is -0.391 e. The zero-order chi connectivity index (χ0) is 8.27. The third-order valence-corrected chi connectivity index (χ3v) is 2.43. The molecule has 0 saturated carbocycles. The van der Waals surface area contributed by atoms with Crippen LogP contribution < -0.4 is 0 Å². The Morgan fingerprint density at radius 2 is 2.55 bits per heavy atom. The maximum absolute atomic E-state index is 9.61. The van der Waals surface area contributed by atoms with Crippen molar-refractivity contribution in [2.24, 2.45) is 0 Å². The van der Waals surface area contributed by atoms with Crippen LogP contribution in [0.25, 0.3) is 0 Å². The summed E-state index contributed by atoms with van der Waals surface area (Å²) in [7, 11) is 2.07. The molecule has 0 aromatic carbocycles. The fourth-order valence-electron chi connectivity index (χ4n) is 1.75. The van der Waals surface area contributed by atoms with Crippen molar-refractivity contribution < 1.29 is 5.11 Å². The van der Waals surface area contributed by atoms with Gasteiger partial charge in [0.05, 0.1) is 6.10 Å². The van der Waals surface area contributed by atoms with Gasteiger partial charge in [-0.2, -0.15) is 0 Å². The third kappa shape index (κ3) is 2.04. The van der Waals surface area contributed by atoms with Crippen LogP contribution in [0.4, 0.5) is 0 Å². The molecule has 0 radical (unpaired) electrons. The Bertz CT molecular complexity index is 136. The zero-order valence-electron chi connectivity index (χ0n) is 7.16. The summed E-state index contributed by atoms with van der Waals surface area (Å²) < 4.78 is 0. The summed E-state index contributed by atoms with van der Waals surface area (Å²) in [6, 6.07) is 0.369. The normalized spacial score (nSPS) is 28.7. The van der Waals surface area contributed by atoms with Crippen molar-refractivity contribution in [3.63, 3.8) is 0 Å². The van der Waals surface area contributed by atoms with Crippen molar-refractivity contribution in [1.82, 2.24) is 4.90 Å². The quantitative estimate of drug-likeness (QED) is 0.615. The van der Waals surface area contributed by atoms with Gasteiger partial charge in [0.1, 0.15) is 0 Å². The van der Waals surface area contributed by atoms with Crippen molar-refractivity contribution in [3.05, 3.63) is 12.7 Å². The average molecular weight is 155 g/mol. The molecule has 11 heavy (non-hydrogen) atoms. The zero-order valence-corrected chi connectivity index (χ0v) is 7.16. The Hall–Kier alpha value is -0.340. The molecule has 2 nitrogen and oxygen atoms in total. The summed E-state index contributed by atoms with van der Waals surface area (Å²) in [6.07, 6.45) is 4.65. The Labute approximate surface area is 68.5 Å². The van der Waals surface area contributed by atoms with Crippen molar-refractivity contribution in [1.29, 1.82) is 0 Å². The molecule has 1 aliphatic rings. The standard InChI is InChI=1S/C9H17NO/c1-3-5-9(11)8-6-4-7-10(8)2/h3,8-9,11H,1,4-7H2,2H3/t8-,9?/m0/s1. The summed E-state index contributed by atoms with van der Waals surface area (Å²) in [6.45, 7) is 4.74. The van der Waals surface area contributed by atoms with E-state index < -0.39 is 0 Å². The molecule has 1 fully saturated rings. The highest BCUT2D eigenvalue weighted by atomic mass is 16.3. The van der Waals surface area contributed by atoms with E-state index in [9.17, 15) is 5.11 Å². The number of hydrogen-bond donors (Lipinski definition) is 1. The first-order valence-corrected chi connectivity index (χ1v) is 4.25. The van der Waals surface area contributed by atoms with Gasteiger partial charge in [0, 0.05) is 6.04 Å². The van der Waals surface area contributed by atoms with Crippen LogP contribution in [-0.2, 0) is 0 Å². The predicted molar refractivity (Wildman–Crippen MR) is 46.5 cm³/mol. The number of aliphatic hydroxyl groups is 1. The van der Waals surface area contributed by atoms with Gasteiger partial charge in [0.2, 0.25) is 0 Å². The van der Waals surface area contributed by atoms with Crippen LogP contribution in [0.15, 0.2) is 12.7 Å². The molecule has 0 aromatic rings. The van der Waals surface area contributed by atoms with Crippen molar-refractivity contribution >= 4 is 0 Å². The molecule has 1 unspecified atom stereocenters. The van der Waals surface area contributed by atoms with Gasteiger partial charge < -0.3 is 10.0 Å². The Morgan fingerprint density at radius 1 is 1.82 bits per heavy atom. The topological polar surface area (TPSA) is 23.5 Å². The first kappa shape index (κ1) is 8.75. The van der Waals surface area contributed by atoms with Crippen molar-refractivity contribution in [3.8, 4) is 0 Å². The molecule has 0 spiro atoms. The van der Waals surface area contributed by atoms with Gasteiger partial charge in [-0.3, -0.25) is 0 Å². The molecule has 2 atom stereocenters. The summed E-state index contributed by atoms with van der Waals surface area (Å²) in [5.41, 5.74) is 0. The van der Waals surface area contributed by atoms with E-state index in [1.807, 2.05) is 0 Å². The van der Waals surface area contributed by atoms with Gasteiger partial charge in [0.25, 0.3) is 0 Å². The van der Waals surface area contributed by atoms with E-state index in [-0.39, 0.29) is 6.10 Å². The van der Waals surface area contributed by atoms with E-state index in [1.165, 1.54) is 6.42 Å². The molecule has 64 valence electrons. The molecular weight excluding hydrogens is 138 g/mol. The van der Waals surface area contributed by atoms with E-state index >= 15 is 0 Å². The minimum absolute atomic E-state index is 0.208. The molecule has 0 aliphatic carbocycles. The van der Waals surface area contributed by atoms with Gasteiger partial charge in [0.15, 0.2) is 0 Å². The molecule has 1 rings (SSSR count). The van der Waals surface area contributed by atoms with Crippen molar-refractivity contribution in [2.75, 3.05) is 13.6 Å². The van der Waals surface area contributed by atoms with Gasteiger partial charge in [-0.05, 0) is 32.9 Å². The number of likely N-dealkylation sites (tertiary alicyclic amines) is 1. The maximum Gasteiger partial charge on any atom is 0.0729 e. The second-order valence-corrected chi connectivity index (χ2v) is 3.28. The molecule has 2 heteroatoms. The van der Waals surface area contributed by atoms with Crippen LogP contribution in [0.2, 0.25) is 0 Å². The lowest BCUT2D eigenvalue weighted by atomic mass is 10.1. The summed E-state index contributed by atoms with van der Waals surface area (Å²) in [5, 5.41) is 9.61. The molecule has 0 aromatic heterocycles. The lowest BCUT2D eigenvalue weighted by molar-refractivity contribution is 0.0881. The van der Waals surface area contributed by atoms with Gasteiger partial charge in [-0.1, -0.05) is 6.08 Å². The lowest BCUT2D eigenvalue weighted by Crippen LogP contribution is -2.35. The molecule has 1 aliphatic heterocycles. The lowest BCUT2D eigenvalue weighted by Gasteiger charge is -2.23. The van der Waals surface area contributed by atoms with Crippen LogP contribution in [0.3, 0.4) is 0 Å². The molecule has 0 amide bonds. The number of aliphatic hydroxyl groups excluding tert-OH is 1. The third-order valence-electron chi connectivity index (χ3n) is 2.43. The van der Waals surface area contributed by atoms with Crippen LogP contribution in [0, 0.1) is 0 Å². The Morgan fingerprint density at radius 3 is 3.00 bits per heavy atom. The monoisotopic (exact) mass is 155 g/mol. The smallest absolute Gasteiger partial charge is 0.0729 e. The Balaban J connectivity index is 2.38. The van der Waals surface area contributed by atoms with Crippen LogP contribution in [0.1, 0.15) is 19.3 Å². The van der Waals surface area contributed by atoms with E-state index in [1.54, 1.807) is 6.08 Å². The molecule has 1 heterocycles. The predicted octanol–water partition coefficient (Wildman–Crippen LogP) is 1.02. The van der Waals surface area contributed by atoms with E-state index in [2.05, 4.69) is 18.5 Å². The largest absolute Gasteiger partial charge is 0.391 e. The summed E-state index contributed by atoms with van der Waals surface area (Å²) in [5.74, 6) is 0. The fraction of sp³-hybridized carbons (Fsp3) is 0.778. The summed E-state index contributed by atoms with van der Waals surface area (Å²) in [4.78, 5) is 2.23. The fourth-order valence-corrected chi connectivity index (χ4v) is 1.75.